The van der Waals surface area contributed by atoms with Gasteiger partial charge in [0.15, 0.2) is 0 Å². The van der Waals surface area contributed by atoms with Gasteiger partial charge in [-0.15, -0.1) is 0 Å². The second-order valence-electron chi connectivity index (χ2n) is 4.80. The van der Waals surface area contributed by atoms with Gasteiger partial charge >= 0.3 is 5.97 Å². The van der Waals surface area contributed by atoms with Crippen LogP contribution in [0, 0.1) is 5.92 Å². The summed E-state index contributed by atoms with van der Waals surface area (Å²) in [4.78, 5) is 11.7. The van der Waals surface area contributed by atoms with Crippen LogP contribution in [0.3, 0.4) is 0 Å². The minimum atomic E-state index is -0.402. The summed E-state index contributed by atoms with van der Waals surface area (Å²) in [6, 6.07) is 4.90. The summed E-state index contributed by atoms with van der Waals surface area (Å²) in [5.74, 6) is 0.765. The average molecular weight is 266 g/mol. The summed E-state index contributed by atoms with van der Waals surface area (Å²) in [6.07, 6.45) is 0.679. The van der Waals surface area contributed by atoms with Crippen LogP contribution in [0.2, 0.25) is 0 Å². The first-order valence-electron chi connectivity index (χ1n) is 6.25. The molecule has 0 radical (unpaired) electrons. The number of carbonyl (C=O) groups is 1. The van der Waals surface area contributed by atoms with Gasteiger partial charge in [0.2, 0.25) is 0 Å². The third kappa shape index (κ3) is 4.35. The van der Waals surface area contributed by atoms with E-state index in [4.69, 9.17) is 15.2 Å². The fraction of sp³-hybridized carbons (Fsp3) is 0.500. The molecule has 5 heteroatoms. The Morgan fingerprint density at radius 2 is 2.05 bits per heavy atom. The Bertz CT molecular complexity index is 433. The Morgan fingerprint density at radius 3 is 2.53 bits per heavy atom. The molecular weight excluding hydrogens is 244 g/mol. The number of hydrogen-bond acceptors (Lipinski definition) is 5. The number of nitrogens with one attached hydrogen (secondary N) is 1. The molecule has 1 aromatic rings. The second-order valence-corrected chi connectivity index (χ2v) is 4.80. The molecular formula is C14H22N2O3. The largest absolute Gasteiger partial charge is 0.497 e. The number of hydrogen-bond donors (Lipinski definition) is 2. The molecule has 5 nitrogen and oxygen atoms in total. The lowest BCUT2D eigenvalue weighted by molar-refractivity contribution is -0.141. The van der Waals surface area contributed by atoms with Crippen molar-refractivity contribution < 1.29 is 14.3 Å². The van der Waals surface area contributed by atoms with Crippen molar-refractivity contribution in [3.8, 4) is 5.75 Å². The summed E-state index contributed by atoms with van der Waals surface area (Å²) in [5, 5.41) is 3.13. The number of methoxy groups -OCH3 is 2. The summed E-state index contributed by atoms with van der Waals surface area (Å²) >= 11 is 0. The molecule has 0 fully saturated rings. The van der Waals surface area contributed by atoms with Gasteiger partial charge in [0.05, 0.1) is 25.6 Å². The molecule has 0 heterocycles. The van der Waals surface area contributed by atoms with Crippen LogP contribution in [0.4, 0.5) is 11.4 Å². The number of anilines is 2. The minimum Gasteiger partial charge on any atom is -0.497 e. The lowest BCUT2D eigenvalue weighted by atomic mass is 10.0. The molecule has 19 heavy (non-hydrogen) atoms. The van der Waals surface area contributed by atoms with Gasteiger partial charge in [-0.2, -0.15) is 0 Å². The molecule has 0 spiro atoms. The number of carbonyl (C=O) groups excluding carboxylic acids is 1. The summed E-state index contributed by atoms with van der Waals surface area (Å²) in [6.45, 7) is 4.10. The van der Waals surface area contributed by atoms with E-state index in [0.717, 1.165) is 0 Å². The molecule has 3 N–H and O–H groups in total. The SMILES string of the molecule is COC(=O)C(CC(C)C)Nc1ccc(OC)cc1N. The zero-order chi connectivity index (χ0) is 14.4. The summed E-state index contributed by atoms with van der Waals surface area (Å²) < 4.78 is 9.89. The third-order valence-electron chi connectivity index (χ3n) is 2.78. The molecule has 0 saturated carbocycles. The molecule has 1 atom stereocenters. The molecule has 0 aromatic heterocycles. The molecule has 0 aliphatic rings. The van der Waals surface area contributed by atoms with Crippen LogP contribution >= 0.6 is 0 Å². The van der Waals surface area contributed by atoms with E-state index in [1.54, 1.807) is 25.3 Å². The fourth-order valence-corrected chi connectivity index (χ4v) is 1.81. The van der Waals surface area contributed by atoms with E-state index in [9.17, 15) is 4.79 Å². The van der Waals surface area contributed by atoms with E-state index in [1.165, 1.54) is 7.11 Å². The summed E-state index contributed by atoms with van der Waals surface area (Å²) in [5.41, 5.74) is 7.17. The monoisotopic (exact) mass is 266 g/mol. The van der Waals surface area contributed by atoms with E-state index in [1.807, 2.05) is 0 Å². The highest BCUT2D eigenvalue weighted by Crippen LogP contribution is 2.25. The minimum absolute atomic E-state index is 0.288. The maximum absolute atomic E-state index is 11.7. The third-order valence-corrected chi connectivity index (χ3v) is 2.78. The maximum atomic E-state index is 11.7. The van der Waals surface area contributed by atoms with Crippen LogP contribution in [0.15, 0.2) is 18.2 Å². The summed E-state index contributed by atoms with van der Waals surface area (Å²) in [7, 11) is 2.96. The fourth-order valence-electron chi connectivity index (χ4n) is 1.81. The van der Waals surface area contributed by atoms with Gasteiger partial charge in [0.1, 0.15) is 11.8 Å². The van der Waals surface area contributed by atoms with E-state index < -0.39 is 6.04 Å². The van der Waals surface area contributed by atoms with E-state index in [2.05, 4.69) is 19.2 Å². The first kappa shape index (κ1) is 15.1. The molecule has 0 aliphatic carbocycles. The first-order valence-corrected chi connectivity index (χ1v) is 6.25. The van der Waals surface area contributed by atoms with Crippen molar-refractivity contribution in [2.24, 2.45) is 5.92 Å². The van der Waals surface area contributed by atoms with Crippen molar-refractivity contribution in [1.82, 2.24) is 0 Å². The predicted molar refractivity (Wildman–Crippen MR) is 76.3 cm³/mol. The van der Waals surface area contributed by atoms with Crippen molar-refractivity contribution >= 4 is 17.3 Å². The number of rotatable bonds is 6. The van der Waals surface area contributed by atoms with E-state index >= 15 is 0 Å². The maximum Gasteiger partial charge on any atom is 0.328 e. The number of esters is 1. The van der Waals surface area contributed by atoms with Crippen LogP contribution in [0.25, 0.3) is 0 Å². The molecule has 1 aromatic carbocycles. The molecule has 0 saturated heterocycles. The molecule has 0 amide bonds. The van der Waals surface area contributed by atoms with Gasteiger partial charge in [-0.3, -0.25) is 0 Å². The Kier molecular flexibility index (Phi) is 5.48. The Balaban J connectivity index is 2.86. The lowest BCUT2D eigenvalue weighted by Crippen LogP contribution is -2.32. The predicted octanol–water partition coefficient (Wildman–Crippen LogP) is 2.28. The number of nitrogens with two attached hydrogens (primary N) is 1. The topological polar surface area (TPSA) is 73.6 Å². The standard InChI is InChI=1S/C14H22N2O3/c1-9(2)7-13(14(17)19-4)16-12-6-5-10(18-3)8-11(12)15/h5-6,8-9,13,16H,7,15H2,1-4H3. The highest BCUT2D eigenvalue weighted by atomic mass is 16.5. The quantitative estimate of drug-likeness (QED) is 0.610. The Labute approximate surface area is 114 Å². The van der Waals surface area contributed by atoms with Crippen LogP contribution in [0.5, 0.6) is 5.75 Å². The van der Waals surface area contributed by atoms with Crippen molar-refractivity contribution in [2.75, 3.05) is 25.3 Å². The average Bonchev–Trinajstić information content (AvgIpc) is 2.38. The van der Waals surface area contributed by atoms with E-state index in [0.29, 0.717) is 29.5 Å². The van der Waals surface area contributed by atoms with Gasteiger partial charge < -0.3 is 20.5 Å². The second kappa shape index (κ2) is 6.87. The lowest BCUT2D eigenvalue weighted by Gasteiger charge is -2.20. The zero-order valence-corrected chi connectivity index (χ0v) is 11.9. The van der Waals surface area contributed by atoms with Crippen LogP contribution in [0.1, 0.15) is 20.3 Å². The van der Waals surface area contributed by atoms with E-state index in [-0.39, 0.29) is 5.97 Å². The van der Waals surface area contributed by atoms with Gasteiger partial charge in [-0.25, -0.2) is 4.79 Å². The van der Waals surface area contributed by atoms with Crippen molar-refractivity contribution in [3.05, 3.63) is 18.2 Å². The Hall–Kier alpha value is -1.91. The van der Waals surface area contributed by atoms with Gasteiger partial charge in [0.25, 0.3) is 0 Å². The molecule has 1 unspecified atom stereocenters. The van der Waals surface area contributed by atoms with Gasteiger partial charge in [0, 0.05) is 6.07 Å². The first-order chi connectivity index (χ1) is 8.97. The van der Waals surface area contributed by atoms with Gasteiger partial charge in [-0.1, -0.05) is 13.8 Å². The highest BCUT2D eigenvalue weighted by molar-refractivity contribution is 5.81. The normalized spacial score (nSPS) is 12.1. The molecule has 1 rings (SSSR count). The molecule has 0 aliphatic heterocycles. The zero-order valence-electron chi connectivity index (χ0n) is 11.9. The molecule has 0 bridgehead atoms. The van der Waals surface area contributed by atoms with Crippen molar-refractivity contribution in [1.29, 1.82) is 0 Å². The number of ether oxygens (including phenoxy) is 2. The highest BCUT2D eigenvalue weighted by Gasteiger charge is 2.21. The Morgan fingerprint density at radius 1 is 1.37 bits per heavy atom. The smallest absolute Gasteiger partial charge is 0.328 e. The van der Waals surface area contributed by atoms with Gasteiger partial charge in [-0.05, 0) is 24.5 Å². The number of nitrogen functional groups attached to an aromatic ring is 1. The van der Waals surface area contributed by atoms with Crippen molar-refractivity contribution in [3.63, 3.8) is 0 Å². The van der Waals surface area contributed by atoms with Crippen molar-refractivity contribution in [2.45, 2.75) is 26.3 Å². The molecule has 106 valence electrons. The van der Waals surface area contributed by atoms with Crippen LogP contribution < -0.4 is 15.8 Å². The number of benzene rings is 1. The van der Waals surface area contributed by atoms with Crippen LogP contribution in [-0.2, 0) is 9.53 Å². The van der Waals surface area contributed by atoms with Crippen LogP contribution in [-0.4, -0.2) is 26.2 Å².